The van der Waals surface area contributed by atoms with E-state index in [1.54, 1.807) is 0 Å². The number of nitriles is 4. The van der Waals surface area contributed by atoms with Crippen LogP contribution in [-0.4, -0.2) is 0 Å². The Hall–Kier alpha value is -6.98. The van der Waals surface area contributed by atoms with Gasteiger partial charge in [0, 0.05) is 5.39 Å². The number of fused-ring (bicyclic) bond motifs is 4. The molecule has 1 aliphatic rings. The predicted octanol–water partition coefficient (Wildman–Crippen LogP) is 10.1. The first kappa shape index (κ1) is 26.6. The molecule has 4 nitrogen and oxygen atoms in total. The lowest BCUT2D eigenvalue weighted by molar-refractivity contribution is 1.48. The van der Waals surface area contributed by atoms with Crippen molar-refractivity contribution in [3.05, 3.63) is 144 Å². The zero-order valence-corrected chi connectivity index (χ0v) is 24.3. The molecule has 46 heavy (non-hydrogen) atoms. The lowest BCUT2D eigenvalue weighted by atomic mass is 9.81. The van der Waals surface area contributed by atoms with Crippen LogP contribution in [0.25, 0.3) is 77.2 Å². The Morgan fingerprint density at radius 3 is 1.39 bits per heavy atom. The number of rotatable bonds is 3. The molecule has 0 fully saturated rings. The van der Waals surface area contributed by atoms with Crippen molar-refractivity contribution in [2.45, 2.75) is 0 Å². The van der Waals surface area contributed by atoms with E-state index in [9.17, 15) is 21.0 Å². The molecule has 7 aromatic carbocycles. The van der Waals surface area contributed by atoms with Crippen LogP contribution in [0, 0.1) is 45.3 Å². The minimum Gasteiger partial charge on any atom is -0.192 e. The maximum absolute atomic E-state index is 10.0. The molecule has 0 amide bonds. The second-order valence-electron chi connectivity index (χ2n) is 11.3. The fourth-order valence-corrected chi connectivity index (χ4v) is 6.89. The Morgan fingerprint density at radius 2 is 0.848 bits per heavy atom. The molecule has 0 saturated carbocycles. The Bertz CT molecular complexity index is 2580. The van der Waals surface area contributed by atoms with Gasteiger partial charge < -0.3 is 0 Å². The van der Waals surface area contributed by atoms with Crippen LogP contribution in [0.4, 0.5) is 0 Å². The predicted molar refractivity (Wildman–Crippen MR) is 181 cm³/mol. The van der Waals surface area contributed by atoms with E-state index in [0.29, 0.717) is 22.3 Å². The molecule has 0 aliphatic heterocycles. The Labute approximate surface area is 265 Å². The monoisotopic (exact) mass is 580 g/mol. The van der Waals surface area contributed by atoms with Gasteiger partial charge in [-0.25, -0.2) is 0 Å². The molecule has 0 unspecified atom stereocenters. The summed E-state index contributed by atoms with van der Waals surface area (Å²) < 4.78 is 0. The van der Waals surface area contributed by atoms with Crippen LogP contribution in [-0.2, 0) is 0 Å². The largest absolute Gasteiger partial charge is 0.192 e. The molecular weight excluding hydrogens is 560 g/mol. The number of benzene rings is 7. The van der Waals surface area contributed by atoms with Crippen molar-refractivity contribution >= 4 is 21.5 Å². The maximum Gasteiger partial charge on any atom is 0.0998 e. The van der Waals surface area contributed by atoms with Crippen molar-refractivity contribution < 1.29 is 0 Å². The first-order valence-corrected chi connectivity index (χ1v) is 14.8. The summed E-state index contributed by atoms with van der Waals surface area (Å²) in [6, 6.07) is 48.7. The number of hydrogen-bond donors (Lipinski definition) is 0. The van der Waals surface area contributed by atoms with Gasteiger partial charge in [-0.3, -0.25) is 0 Å². The van der Waals surface area contributed by atoms with E-state index in [4.69, 9.17) is 0 Å². The molecule has 0 N–H and O–H groups in total. The van der Waals surface area contributed by atoms with E-state index in [1.807, 2.05) is 91.0 Å². The second kappa shape index (κ2) is 10.3. The zero-order chi connectivity index (χ0) is 31.4. The van der Waals surface area contributed by atoms with Crippen molar-refractivity contribution in [2.24, 2.45) is 0 Å². The highest BCUT2D eigenvalue weighted by molar-refractivity contribution is 6.28. The molecular formula is C42H20N4. The number of nitrogens with zero attached hydrogens (tertiary/aromatic N) is 4. The summed E-state index contributed by atoms with van der Waals surface area (Å²) >= 11 is 0. The van der Waals surface area contributed by atoms with Gasteiger partial charge in [-0.1, -0.05) is 72.8 Å². The van der Waals surface area contributed by atoms with Gasteiger partial charge in [0.1, 0.15) is 0 Å². The fraction of sp³-hybridized carbons (Fsp3) is 0. The minimum atomic E-state index is 0.584. The van der Waals surface area contributed by atoms with Gasteiger partial charge >= 0.3 is 0 Å². The van der Waals surface area contributed by atoms with E-state index in [2.05, 4.69) is 54.6 Å². The Kier molecular flexibility index (Phi) is 5.98. The number of hydrogen-bond acceptors (Lipinski definition) is 4. The minimum absolute atomic E-state index is 0.584. The van der Waals surface area contributed by atoms with Crippen molar-refractivity contribution in [3.63, 3.8) is 0 Å². The molecule has 4 heteroatoms. The van der Waals surface area contributed by atoms with E-state index in [1.165, 1.54) is 0 Å². The average molecular weight is 581 g/mol. The van der Waals surface area contributed by atoms with E-state index < -0.39 is 0 Å². The summed E-state index contributed by atoms with van der Waals surface area (Å²) in [5.74, 6) is 0. The van der Waals surface area contributed by atoms with Gasteiger partial charge in [0.05, 0.1) is 46.5 Å². The van der Waals surface area contributed by atoms with E-state index >= 15 is 0 Å². The molecule has 0 radical (unpaired) electrons. The van der Waals surface area contributed by atoms with E-state index in [-0.39, 0.29) is 0 Å². The highest BCUT2D eigenvalue weighted by Crippen LogP contribution is 2.58. The van der Waals surface area contributed by atoms with Crippen LogP contribution < -0.4 is 0 Å². The summed E-state index contributed by atoms with van der Waals surface area (Å²) in [6.07, 6.45) is 0. The van der Waals surface area contributed by atoms with Crippen molar-refractivity contribution in [2.75, 3.05) is 0 Å². The van der Waals surface area contributed by atoms with Crippen LogP contribution in [0.15, 0.2) is 121 Å². The molecule has 8 rings (SSSR count). The summed E-state index contributed by atoms with van der Waals surface area (Å²) in [5, 5.41) is 42.6. The van der Waals surface area contributed by atoms with Crippen molar-refractivity contribution in [1.29, 1.82) is 21.0 Å². The lowest BCUT2D eigenvalue weighted by Crippen LogP contribution is -1.94. The zero-order valence-electron chi connectivity index (χ0n) is 24.3. The van der Waals surface area contributed by atoms with Crippen LogP contribution >= 0.6 is 0 Å². The molecule has 0 bridgehead atoms. The van der Waals surface area contributed by atoms with Crippen LogP contribution in [0.3, 0.4) is 0 Å². The Balaban J connectivity index is 1.57. The van der Waals surface area contributed by atoms with Crippen LogP contribution in [0.2, 0.25) is 0 Å². The summed E-state index contributed by atoms with van der Waals surface area (Å²) in [4.78, 5) is 0. The molecule has 208 valence electrons. The van der Waals surface area contributed by atoms with Gasteiger partial charge in [0.15, 0.2) is 0 Å². The third kappa shape index (κ3) is 3.90. The smallest absolute Gasteiger partial charge is 0.0998 e. The van der Waals surface area contributed by atoms with Gasteiger partial charge in [0.2, 0.25) is 0 Å². The van der Waals surface area contributed by atoms with Gasteiger partial charge in [-0.15, -0.1) is 0 Å². The topological polar surface area (TPSA) is 95.2 Å². The third-order valence-corrected chi connectivity index (χ3v) is 8.96. The third-order valence-electron chi connectivity index (χ3n) is 8.96. The summed E-state index contributed by atoms with van der Waals surface area (Å²) in [7, 11) is 0. The molecule has 0 saturated heterocycles. The molecule has 7 aromatic rings. The quantitative estimate of drug-likeness (QED) is 0.208. The van der Waals surface area contributed by atoms with Gasteiger partial charge in [-0.05, 0) is 120 Å². The van der Waals surface area contributed by atoms with Crippen molar-refractivity contribution in [3.8, 4) is 79.9 Å². The lowest BCUT2D eigenvalue weighted by Gasteiger charge is -2.21. The first-order chi connectivity index (χ1) is 22.6. The summed E-state index contributed by atoms with van der Waals surface area (Å²) in [5.41, 5.74) is 12.8. The van der Waals surface area contributed by atoms with Crippen LogP contribution in [0.5, 0.6) is 0 Å². The van der Waals surface area contributed by atoms with Crippen molar-refractivity contribution in [1.82, 2.24) is 0 Å². The standard InChI is InChI=1S/C42H20N4/c43-21-25-4-10-28(11-5-25)31-16-18-34-37(20-31)39(30-14-8-27(23-45)9-15-30)42-36-19-17-32(24-46)33-2-1-3-35(40(33)36)41(42)38(34)29-12-6-26(22-44)7-13-29/h1-20H. The Morgan fingerprint density at radius 1 is 0.348 bits per heavy atom. The molecule has 0 spiro atoms. The molecule has 0 aromatic heterocycles. The second-order valence-corrected chi connectivity index (χ2v) is 11.3. The highest BCUT2D eigenvalue weighted by atomic mass is 14.3. The summed E-state index contributed by atoms with van der Waals surface area (Å²) in [6.45, 7) is 0. The van der Waals surface area contributed by atoms with Gasteiger partial charge in [-0.2, -0.15) is 21.0 Å². The average Bonchev–Trinajstić information content (AvgIpc) is 3.45. The molecule has 0 heterocycles. The van der Waals surface area contributed by atoms with E-state index in [0.717, 1.165) is 77.2 Å². The normalized spacial score (nSPS) is 11.0. The maximum atomic E-state index is 10.0. The SMILES string of the molecule is N#Cc1ccc(-c2ccc3c(-c4ccc(C#N)cc4)c4c(c(-c5ccc(C#N)cc5)c3c2)-c2ccc(C#N)c3cccc-4c23)cc1. The molecule has 0 atom stereocenters. The molecule has 1 aliphatic carbocycles. The van der Waals surface area contributed by atoms with Crippen LogP contribution in [0.1, 0.15) is 22.3 Å². The fourth-order valence-electron chi connectivity index (χ4n) is 6.89. The first-order valence-electron chi connectivity index (χ1n) is 14.8. The van der Waals surface area contributed by atoms with Gasteiger partial charge in [0.25, 0.3) is 0 Å². The highest BCUT2D eigenvalue weighted by Gasteiger charge is 2.31.